The van der Waals surface area contributed by atoms with Gasteiger partial charge >= 0.3 is 6.16 Å². The van der Waals surface area contributed by atoms with Crippen molar-refractivity contribution in [2.45, 2.75) is 51.7 Å². The summed E-state index contributed by atoms with van der Waals surface area (Å²) in [4.78, 5) is 11.3. The molecule has 1 heterocycles. The highest BCUT2D eigenvalue weighted by Gasteiger charge is 2.61. The third kappa shape index (κ3) is 1.31. The van der Waals surface area contributed by atoms with E-state index in [-0.39, 0.29) is 11.5 Å². The molecule has 1 saturated heterocycles. The summed E-state index contributed by atoms with van der Waals surface area (Å²) in [7, 11) is 0. The highest BCUT2D eigenvalue weighted by molar-refractivity contribution is 5.65. The smallest absolute Gasteiger partial charge is 0.426 e. The van der Waals surface area contributed by atoms with Crippen molar-refractivity contribution in [3.05, 3.63) is 0 Å². The highest BCUT2D eigenvalue weighted by atomic mass is 16.8. The molecule has 2 rings (SSSR count). The Morgan fingerprint density at radius 2 is 2.20 bits per heavy atom. The molecule has 1 saturated carbocycles. The van der Waals surface area contributed by atoms with Gasteiger partial charge in [0.05, 0.1) is 0 Å². The van der Waals surface area contributed by atoms with Gasteiger partial charge in [-0.25, -0.2) is 4.79 Å². The molecule has 0 bridgehead atoms. The van der Waals surface area contributed by atoms with Crippen LogP contribution < -0.4 is 0 Å². The van der Waals surface area contributed by atoms with Gasteiger partial charge in [0.15, 0.2) is 6.10 Å². The maximum atomic E-state index is 11.3. The lowest BCUT2D eigenvalue weighted by atomic mass is 9.64. The zero-order valence-electron chi connectivity index (χ0n) is 9.42. The maximum absolute atomic E-state index is 11.3. The van der Waals surface area contributed by atoms with Gasteiger partial charge in [-0.2, -0.15) is 0 Å². The zero-order chi connectivity index (χ0) is 11.1. The lowest BCUT2D eigenvalue weighted by Crippen LogP contribution is -2.53. The van der Waals surface area contributed by atoms with E-state index in [9.17, 15) is 4.79 Å². The lowest BCUT2D eigenvalue weighted by molar-refractivity contribution is -0.0530. The monoisotopic (exact) mass is 208 g/mol. The predicted molar refractivity (Wildman–Crippen MR) is 55.2 cm³/mol. The third-order valence-electron chi connectivity index (χ3n) is 3.52. The van der Waals surface area contributed by atoms with E-state index >= 15 is 0 Å². The molecule has 0 unspecified atom stereocenters. The topological polar surface area (TPSA) is 35.5 Å². The van der Waals surface area contributed by atoms with Crippen molar-refractivity contribution in [3.8, 4) is 11.8 Å². The minimum Gasteiger partial charge on any atom is -0.426 e. The zero-order valence-corrected chi connectivity index (χ0v) is 9.42. The molecule has 0 N–H and O–H groups in total. The molecule has 0 spiro atoms. The summed E-state index contributed by atoms with van der Waals surface area (Å²) in [6.45, 7) is 5.94. The normalized spacial score (nSPS) is 37.0. The number of hydrogen-bond donors (Lipinski definition) is 0. The minimum absolute atomic E-state index is 0.134. The van der Waals surface area contributed by atoms with Gasteiger partial charge in [-0.3, -0.25) is 0 Å². The molecule has 2 fully saturated rings. The molecule has 0 radical (unpaired) electrons. The van der Waals surface area contributed by atoms with Gasteiger partial charge in [0.25, 0.3) is 0 Å². The molecule has 3 heteroatoms. The summed E-state index contributed by atoms with van der Waals surface area (Å²) in [6, 6.07) is 0. The molecule has 2 atom stereocenters. The van der Waals surface area contributed by atoms with Crippen molar-refractivity contribution in [2.24, 2.45) is 5.41 Å². The molecule has 0 aromatic heterocycles. The van der Waals surface area contributed by atoms with E-state index in [2.05, 4.69) is 25.7 Å². The van der Waals surface area contributed by atoms with E-state index < -0.39 is 11.8 Å². The van der Waals surface area contributed by atoms with Crippen molar-refractivity contribution in [1.29, 1.82) is 0 Å². The third-order valence-corrected chi connectivity index (χ3v) is 3.52. The summed E-state index contributed by atoms with van der Waals surface area (Å²) >= 11 is 0. The highest BCUT2D eigenvalue weighted by Crippen LogP contribution is 2.50. The van der Waals surface area contributed by atoms with E-state index in [4.69, 9.17) is 9.47 Å². The van der Waals surface area contributed by atoms with Crippen LogP contribution in [0.4, 0.5) is 4.79 Å². The molecule has 3 nitrogen and oxygen atoms in total. The first kappa shape index (κ1) is 10.4. The Hall–Kier alpha value is -1.17. The molecule has 2 aliphatic rings. The molecule has 0 aromatic rings. The van der Waals surface area contributed by atoms with Gasteiger partial charge in [-0.05, 0) is 26.2 Å². The number of ether oxygens (including phenoxy) is 2. The van der Waals surface area contributed by atoms with Crippen LogP contribution in [0.5, 0.6) is 0 Å². The fourth-order valence-electron chi connectivity index (χ4n) is 2.63. The SMILES string of the molecule is CC#C[C@@]12OC(=O)O[C@H]1CCCC2(C)C. The van der Waals surface area contributed by atoms with Crippen molar-refractivity contribution in [1.82, 2.24) is 0 Å². The molecule has 15 heavy (non-hydrogen) atoms. The molecular formula is C12H16O3. The predicted octanol–water partition coefficient (Wildman–Crippen LogP) is 2.49. The Balaban J connectivity index is 2.46. The second-order valence-electron chi connectivity index (χ2n) is 4.85. The number of fused-ring (bicyclic) bond motifs is 1. The van der Waals surface area contributed by atoms with Crippen molar-refractivity contribution in [2.75, 3.05) is 0 Å². The average Bonchev–Trinajstić information content (AvgIpc) is 2.44. The van der Waals surface area contributed by atoms with Crippen molar-refractivity contribution >= 4 is 6.16 Å². The number of carbonyl (C=O) groups is 1. The summed E-state index contributed by atoms with van der Waals surface area (Å²) in [5, 5.41) is 0. The van der Waals surface area contributed by atoms with Crippen molar-refractivity contribution < 1.29 is 14.3 Å². The standard InChI is InChI=1S/C12H16O3/c1-4-7-12-9(14-10(13)15-12)6-5-8-11(12,2)3/h9H,5-6,8H2,1-3H3/t9-,12+/m0/s1. The molecule has 0 amide bonds. The average molecular weight is 208 g/mol. The van der Waals surface area contributed by atoms with E-state index in [1.165, 1.54) is 0 Å². The van der Waals surface area contributed by atoms with Gasteiger partial charge in [-0.1, -0.05) is 19.8 Å². The number of hydrogen-bond acceptors (Lipinski definition) is 3. The van der Waals surface area contributed by atoms with Crippen LogP contribution in [-0.2, 0) is 9.47 Å². The van der Waals surface area contributed by atoms with E-state index in [1.54, 1.807) is 6.92 Å². The fourth-order valence-corrected chi connectivity index (χ4v) is 2.63. The fraction of sp³-hybridized carbons (Fsp3) is 0.750. The van der Waals surface area contributed by atoms with E-state index in [0.717, 1.165) is 19.3 Å². The Morgan fingerprint density at radius 3 is 2.87 bits per heavy atom. The van der Waals surface area contributed by atoms with Crippen LogP contribution in [-0.4, -0.2) is 17.9 Å². The van der Waals surface area contributed by atoms with Gasteiger partial charge in [0.2, 0.25) is 5.60 Å². The Bertz CT molecular complexity index is 348. The van der Waals surface area contributed by atoms with Crippen LogP contribution in [0.25, 0.3) is 0 Å². The van der Waals surface area contributed by atoms with Crippen LogP contribution in [0, 0.1) is 17.3 Å². The van der Waals surface area contributed by atoms with Crippen LogP contribution in [0.3, 0.4) is 0 Å². The summed E-state index contributed by atoms with van der Waals surface area (Å²) in [5.41, 5.74) is -0.859. The van der Waals surface area contributed by atoms with Crippen molar-refractivity contribution in [3.63, 3.8) is 0 Å². The minimum atomic E-state index is -0.725. The Morgan fingerprint density at radius 1 is 1.47 bits per heavy atom. The first-order valence-corrected chi connectivity index (χ1v) is 5.35. The lowest BCUT2D eigenvalue weighted by Gasteiger charge is -2.44. The van der Waals surface area contributed by atoms with Gasteiger partial charge in [-0.15, -0.1) is 5.92 Å². The molecular weight excluding hydrogens is 192 g/mol. The Labute approximate surface area is 90.1 Å². The van der Waals surface area contributed by atoms with E-state index in [1.807, 2.05) is 0 Å². The molecule has 1 aliphatic carbocycles. The largest absolute Gasteiger partial charge is 0.510 e. The van der Waals surface area contributed by atoms with Gasteiger partial charge in [0, 0.05) is 5.41 Å². The maximum Gasteiger partial charge on any atom is 0.510 e. The number of carbonyl (C=O) groups excluding carboxylic acids is 1. The van der Waals surface area contributed by atoms with Gasteiger partial charge < -0.3 is 9.47 Å². The second kappa shape index (κ2) is 3.16. The molecule has 1 aliphatic heterocycles. The van der Waals surface area contributed by atoms with Crippen LogP contribution in [0.1, 0.15) is 40.0 Å². The van der Waals surface area contributed by atoms with Gasteiger partial charge in [0.1, 0.15) is 0 Å². The second-order valence-corrected chi connectivity index (χ2v) is 4.85. The van der Waals surface area contributed by atoms with Crippen LogP contribution >= 0.6 is 0 Å². The summed E-state index contributed by atoms with van der Waals surface area (Å²) < 4.78 is 10.6. The quantitative estimate of drug-likeness (QED) is 0.453. The molecule has 0 aromatic carbocycles. The number of rotatable bonds is 0. The Kier molecular flexibility index (Phi) is 2.18. The molecule has 82 valence electrons. The summed E-state index contributed by atoms with van der Waals surface area (Å²) in [6.07, 6.45) is 2.15. The van der Waals surface area contributed by atoms with Crippen LogP contribution in [0.2, 0.25) is 0 Å². The van der Waals surface area contributed by atoms with Crippen LogP contribution in [0.15, 0.2) is 0 Å². The summed E-state index contributed by atoms with van der Waals surface area (Å²) in [5.74, 6) is 5.93. The first-order chi connectivity index (χ1) is 7.02. The first-order valence-electron chi connectivity index (χ1n) is 5.35. The van der Waals surface area contributed by atoms with E-state index in [0.29, 0.717) is 0 Å².